The molecule has 35 heavy (non-hydrogen) atoms. The van der Waals surface area contributed by atoms with Gasteiger partial charge in [0.2, 0.25) is 0 Å². The summed E-state index contributed by atoms with van der Waals surface area (Å²) >= 11 is 2.77. The third-order valence-corrected chi connectivity index (χ3v) is 7.34. The Bertz CT molecular complexity index is 863. The van der Waals surface area contributed by atoms with Gasteiger partial charge >= 0.3 is 5.30 Å². The second-order valence-corrected chi connectivity index (χ2v) is 10.3. The number of thioether (sulfide) groups is 2. The SMILES string of the molecule is Fc1ccc(SCCN2CCNCC2)cc1.O=C(OCCN1CCNCC1)Sc1ccc(F)cc1. The molecular weight excluding hydrogens is 490 g/mol. The lowest BCUT2D eigenvalue weighted by Crippen LogP contribution is -2.44. The van der Waals surface area contributed by atoms with Crippen LogP contribution in [0.15, 0.2) is 58.3 Å². The normalized spacial score (nSPS) is 16.9. The van der Waals surface area contributed by atoms with E-state index in [1.54, 1.807) is 23.9 Å². The number of benzene rings is 2. The van der Waals surface area contributed by atoms with Gasteiger partial charge in [-0.3, -0.25) is 9.80 Å². The van der Waals surface area contributed by atoms with Crippen molar-refractivity contribution in [1.29, 1.82) is 0 Å². The van der Waals surface area contributed by atoms with Gasteiger partial charge in [-0.25, -0.2) is 13.6 Å². The molecule has 0 amide bonds. The van der Waals surface area contributed by atoms with Gasteiger partial charge in [0.15, 0.2) is 0 Å². The molecule has 6 nitrogen and oxygen atoms in total. The molecule has 2 aromatic carbocycles. The fourth-order valence-electron chi connectivity index (χ4n) is 3.58. The van der Waals surface area contributed by atoms with Crippen LogP contribution in [-0.4, -0.2) is 92.9 Å². The van der Waals surface area contributed by atoms with E-state index in [0.29, 0.717) is 11.5 Å². The average Bonchev–Trinajstić information content (AvgIpc) is 2.88. The van der Waals surface area contributed by atoms with Crippen LogP contribution < -0.4 is 10.6 Å². The molecule has 2 heterocycles. The van der Waals surface area contributed by atoms with Crippen molar-refractivity contribution in [3.63, 3.8) is 0 Å². The predicted molar refractivity (Wildman–Crippen MR) is 139 cm³/mol. The van der Waals surface area contributed by atoms with Gasteiger partial charge in [0.1, 0.15) is 18.2 Å². The van der Waals surface area contributed by atoms with E-state index in [9.17, 15) is 13.6 Å². The fraction of sp³-hybridized carbons (Fsp3) is 0.480. The lowest BCUT2D eigenvalue weighted by atomic mass is 10.3. The zero-order valence-corrected chi connectivity index (χ0v) is 21.5. The Labute approximate surface area is 215 Å². The fourth-order valence-corrected chi connectivity index (χ4v) is 5.10. The summed E-state index contributed by atoms with van der Waals surface area (Å²) in [5.41, 5.74) is 0. The summed E-state index contributed by atoms with van der Waals surface area (Å²) in [5.74, 6) is 0.605. The molecule has 2 saturated heterocycles. The van der Waals surface area contributed by atoms with E-state index in [-0.39, 0.29) is 16.9 Å². The number of carbonyl (C=O) groups excluding carboxylic acids is 1. The largest absolute Gasteiger partial charge is 0.456 e. The van der Waals surface area contributed by atoms with Crippen molar-refractivity contribution >= 4 is 28.8 Å². The third kappa shape index (κ3) is 11.7. The molecule has 0 aromatic heterocycles. The Morgan fingerprint density at radius 1 is 0.771 bits per heavy atom. The zero-order valence-electron chi connectivity index (χ0n) is 19.9. The van der Waals surface area contributed by atoms with Crippen LogP contribution in [0.25, 0.3) is 0 Å². The average molecular weight is 525 g/mol. The molecule has 4 rings (SSSR count). The summed E-state index contributed by atoms with van der Waals surface area (Å²) in [4.78, 5) is 18.1. The highest BCUT2D eigenvalue weighted by atomic mass is 32.2. The lowest BCUT2D eigenvalue weighted by Gasteiger charge is -2.26. The maximum absolute atomic E-state index is 12.7. The maximum atomic E-state index is 12.7. The van der Waals surface area contributed by atoms with Crippen LogP contribution in [0.5, 0.6) is 0 Å². The molecule has 10 heteroatoms. The van der Waals surface area contributed by atoms with Crippen LogP contribution in [0.2, 0.25) is 0 Å². The first kappa shape index (κ1) is 27.9. The molecule has 0 aliphatic carbocycles. The van der Waals surface area contributed by atoms with Crippen LogP contribution >= 0.6 is 23.5 Å². The minimum absolute atomic E-state index is 0.161. The van der Waals surface area contributed by atoms with Crippen LogP contribution in [0.4, 0.5) is 13.6 Å². The van der Waals surface area contributed by atoms with E-state index >= 15 is 0 Å². The Hall–Kier alpha value is -1.69. The summed E-state index contributed by atoms with van der Waals surface area (Å²) in [6, 6.07) is 12.5. The highest BCUT2D eigenvalue weighted by Gasteiger charge is 2.11. The molecule has 2 fully saturated rings. The van der Waals surface area contributed by atoms with Crippen molar-refractivity contribution in [2.75, 3.05) is 77.8 Å². The van der Waals surface area contributed by atoms with Crippen molar-refractivity contribution in [3.05, 3.63) is 60.2 Å². The van der Waals surface area contributed by atoms with E-state index in [0.717, 1.165) is 87.9 Å². The smallest absolute Gasteiger partial charge is 0.372 e. The van der Waals surface area contributed by atoms with Crippen molar-refractivity contribution in [2.45, 2.75) is 9.79 Å². The van der Waals surface area contributed by atoms with Gasteiger partial charge in [-0.05, 0) is 60.3 Å². The van der Waals surface area contributed by atoms with Gasteiger partial charge in [0.05, 0.1) is 0 Å². The molecule has 2 aliphatic heterocycles. The monoisotopic (exact) mass is 524 g/mol. The molecule has 0 atom stereocenters. The molecule has 0 unspecified atom stereocenters. The maximum Gasteiger partial charge on any atom is 0.372 e. The van der Waals surface area contributed by atoms with Crippen LogP contribution in [0.1, 0.15) is 0 Å². The summed E-state index contributed by atoms with van der Waals surface area (Å²) in [5, 5.41) is 6.26. The first-order valence-corrected chi connectivity index (χ1v) is 13.7. The molecule has 0 spiro atoms. The highest BCUT2D eigenvalue weighted by Crippen LogP contribution is 2.20. The minimum atomic E-state index is -0.346. The van der Waals surface area contributed by atoms with E-state index in [1.807, 2.05) is 12.1 Å². The Kier molecular flexibility index (Phi) is 12.9. The number of nitrogens with one attached hydrogen (secondary N) is 2. The van der Waals surface area contributed by atoms with E-state index in [2.05, 4.69) is 20.4 Å². The molecule has 2 aromatic rings. The summed E-state index contributed by atoms with van der Waals surface area (Å²) in [6.07, 6.45) is 0. The molecule has 2 aliphatic rings. The highest BCUT2D eigenvalue weighted by molar-refractivity contribution is 8.13. The van der Waals surface area contributed by atoms with Gasteiger partial charge in [-0.15, -0.1) is 11.8 Å². The molecule has 0 bridgehead atoms. The second-order valence-electron chi connectivity index (χ2n) is 8.14. The van der Waals surface area contributed by atoms with Crippen LogP contribution in [0, 0.1) is 11.6 Å². The molecular formula is C25H34F2N4O2S2. The second kappa shape index (κ2) is 16.1. The van der Waals surface area contributed by atoms with E-state index in [1.165, 1.54) is 24.3 Å². The number of hydrogen-bond acceptors (Lipinski definition) is 8. The summed E-state index contributed by atoms with van der Waals surface area (Å²) in [6.45, 7) is 10.7. The standard InChI is InChI=1S/C13H17FN2O2S.C12H17FN2S/c14-11-1-3-12(4-2-11)19-13(17)18-10-9-16-7-5-15-6-8-16;13-11-1-3-12(4-2-11)16-10-9-15-7-5-14-6-8-15/h1-4,15H,5-10H2;1-4,14H,5-10H2. The van der Waals surface area contributed by atoms with Crippen molar-refractivity contribution in [3.8, 4) is 0 Å². The Balaban J connectivity index is 0.000000198. The topological polar surface area (TPSA) is 56.8 Å². The van der Waals surface area contributed by atoms with Gasteiger partial charge in [0.25, 0.3) is 0 Å². The van der Waals surface area contributed by atoms with Crippen LogP contribution in [-0.2, 0) is 4.74 Å². The minimum Gasteiger partial charge on any atom is -0.456 e. The van der Waals surface area contributed by atoms with Crippen molar-refractivity contribution in [1.82, 2.24) is 20.4 Å². The van der Waals surface area contributed by atoms with Crippen molar-refractivity contribution in [2.24, 2.45) is 0 Å². The van der Waals surface area contributed by atoms with Gasteiger partial charge in [-0.1, -0.05) is 0 Å². The molecule has 2 N–H and O–H groups in total. The molecule has 0 saturated carbocycles. The quantitative estimate of drug-likeness (QED) is 0.400. The van der Waals surface area contributed by atoms with Gasteiger partial charge < -0.3 is 15.4 Å². The summed E-state index contributed by atoms with van der Waals surface area (Å²) in [7, 11) is 0. The van der Waals surface area contributed by atoms with Gasteiger partial charge in [-0.2, -0.15) is 0 Å². The Morgan fingerprint density at radius 2 is 1.26 bits per heavy atom. The van der Waals surface area contributed by atoms with E-state index < -0.39 is 0 Å². The number of piperazine rings is 2. The summed E-state index contributed by atoms with van der Waals surface area (Å²) < 4.78 is 30.5. The molecule has 192 valence electrons. The lowest BCUT2D eigenvalue weighted by molar-refractivity contribution is 0.144. The first-order valence-electron chi connectivity index (χ1n) is 11.9. The third-order valence-electron chi connectivity index (χ3n) is 5.55. The van der Waals surface area contributed by atoms with Crippen LogP contribution in [0.3, 0.4) is 0 Å². The number of carbonyl (C=O) groups is 1. The zero-order chi connectivity index (χ0) is 24.7. The predicted octanol–water partition coefficient (Wildman–Crippen LogP) is 3.78. The number of halogens is 2. The number of nitrogens with zero attached hydrogens (tertiary/aromatic N) is 2. The van der Waals surface area contributed by atoms with E-state index in [4.69, 9.17) is 4.74 Å². The number of hydrogen-bond donors (Lipinski definition) is 2. The first-order chi connectivity index (χ1) is 17.1. The molecule has 0 radical (unpaired) electrons. The number of ether oxygens (including phenoxy) is 1. The Morgan fingerprint density at radius 3 is 1.80 bits per heavy atom. The van der Waals surface area contributed by atoms with Crippen molar-refractivity contribution < 1.29 is 18.3 Å². The number of rotatable bonds is 8. The van der Waals surface area contributed by atoms with Gasteiger partial charge in [0, 0.05) is 81.0 Å².